The van der Waals surface area contributed by atoms with Gasteiger partial charge in [0.15, 0.2) is 0 Å². The first-order valence-electron chi connectivity index (χ1n) is 5.94. The highest BCUT2D eigenvalue weighted by atomic mass is 15.3. The van der Waals surface area contributed by atoms with Gasteiger partial charge >= 0.3 is 0 Å². The molecule has 0 spiro atoms. The van der Waals surface area contributed by atoms with Crippen molar-refractivity contribution in [3.05, 3.63) is 18.0 Å². The maximum absolute atomic E-state index is 5.61. The predicted molar refractivity (Wildman–Crippen MR) is 66.7 cm³/mol. The van der Waals surface area contributed by atoms with E-state index >= 15 is 0 Å². The molecule has 16 heavy (non-hydrogen) atoms. The number of hydrogen-bond acceptors (Lipinski definition) is 3. The number of nitrogens with zero attached hydrogens (tertiary/aromatic N) is 2. The molecule has 0 aliphatic heterocycles. The van der Waals surface area contributed by atoms with Crippen LogP contribution in [0.15, 0.2) is 12.4 Å². The normalized spacial score (nSPS) is 14.1. The zero-order valence-electron chi connectivity index (χ0n) is 10.8. The van der Waals surface area contributed by atoms with Crippen LogP contribution < -0.4 is 11.3 Å². The summed E-state index contributed by atoms with van der Waals surface area (Å²) >= 11 is 0. The fourth-order valence-corrected chi connectivity index (χ4v) is 1.80. The summed E-state index contributed by atoms with van der Waals surface area (Å²) in [5.41, 5.74) is 4.30. The molecule has 0 bridgehead atoms. The van der Waals surface area contributed by atoms with Crippen LogP contribution in [0, 0.1) is 5.41 Å². The molecule has 1 unspecified atom stereocenters. The Hall–Kier alpha value is -0.870. The monoisotopic (exact) mass is 224 g/mol. The van der Waals surface area contributed by atoms with Crippen LogP contribution in [0.3, 0.4) is 0 Å². The molecule has 1 rings (SSSR count). The summed E-state index contributed by atoms with van der Waals surface area (Å²) in [4.78, 5) is 0. The molecule has 0 aromatic carbocycles. The Balaban J connectivity index is 2.71. The van der Waals surface area contributed by atoms with Crippen LogP contribution >= 0.6 is 0 Å². The van der Waals surface area contributed by atoms with Crippen molar-refractivity contribution in [1.82, 2.24) is 15.2 Å². The van der Waals surface area contributed by atoms with E-state index in [2.05, 4.69) is 44.4 Å². The summed E-state index contributed by atoms with van der Waals surface area (Å²) in [6, 6.07) is 0.186. The van der Waals surface area contributed by atoms with E-state index in [-0.39, 0.29) is 11.5 Å². The average Bonchev–Trinajstić information content (AvgIpc) is 2.62. The van der Waals surface area contributed by atoms with Gasteiger partial charge in [0.05, 0.1) is 6.20 Å². The first kappa shape index (κ1) is 13.2. The molecule has 1 heterocycles. The standard InChI is InChI=1S/C12H24N4/c1-5-6-16-9-10(8-14-16)11(15-13)7-12(2,3)4/h8-9,11,15H,5-7,13H2,1-4H3. The molecule has 1 atom stereocenters. The van der Waals surface area contributed by atoms with Crippen molar-refractivity contribution in [1.29, 1.82) is 0 Å². The third kappa shape index (κ3) is 3.94. The predicted octanol–water partition coefficient (Wildman–Crippen LogP) is 2.23. The topological polar surface area (TPSA) is 55.9 Å². The highest BCUT2D eigenvalue weighted by Crippen LogP contribution is 2.28. The van der Waals surface area contributed by atoms with E-state index in [1.807, 2.05) is 10.9 Å². The van der Waals surface area contributed by atoms with Crippen LogP contribution in [0.1, 0.15) is 52.1 Å². The molecule has 1 aromatic heterocycles. The summed E-state index contributed by atoms with van der Waals surface area (Å²) in [5, 5.41) is 4.33. The lowest BCUT2D eigenvalue weighted by Crippen LogP contribution is -2.30. The molecule has 1 aromatic rings. The van der Waals surface area contributed by atoms with E-state index in [1.54, 1.807) is 0 Å². The Bertz CT molecular complexity index is 311. The van der Waals surface area contributed by atoms with Crippen molar-refractivity contribution < 1.29 is 0 Å². The second-order valence-electron chi connectivity index (χ2n) is 5.52. The lowest BCUT2D eigenvalue weighted by Gasteiger charge is -2.24. The fourth-order valence-electron chi connectivity index (χ4n) is 1.80. The average molecular weight is 224 g/mol. The van der Waals surface area contributed by atoms with Crippen LogP contribution in [0.25, 0.3) is 0 Å². The molecule has 0 saturated carbocycles. The maximum atomic E-state index is 5.61. The minimum Gasteiger partial charge on any atom is -0.272 e. The van der Waals surface area contributed by atoms with Gasteiger partial charge < -0.3 is 0 Å². The quantitative estimate of drug-likeness (QED) is 0.595. The Kier molecular flexibility index (Phi) is 4.50. The van der Waals surface area contributed by atoms with Crippen molar-refractivity contribution in [2.45, 2.75) is 53.1 Å². The number of hydrogen-bond donors (Lipinski definition) is 2. The van der Waals surface area contributed by atoms with E-state index in [0.29, 0.717) is 0 Å². The summed E-state index contributed by atoms with van der Waals surface area (Å²) in [6.07, 6.45) is 6.09. The third-order valence-corrected chi connectivity index (χ3v) is 2.53. The van der Waals surface area contributed by atoms with E-state index in [4.69, 9.17) is 5.84 Å². The maximum Gasteiger partial charge on any atom is 0.0538 e. The third-order valence-electron chi connectivity index (χ3n) is 2.53. The first-order valence-corrected chi connectivity index (χ1v) is 5.94. The molecule has 4 heteroatoms. The van der Waals surface area contributed by atoms with Crippen LogP contribution in [0.2, 0.25) is 0 Å². The Labute approximate surface area is 98.2 Å². The largest absolute Gasteiger partial charge is 0.272 e. The van der Waals surface area contributed by atoms with E-state index in [0.717, 1.165) is 19.4 Å². The smallest absolute Gasteiger partial charge is 0.0538 e. The molecule has 92 valence electrons. The molecule has 0 aliphatic carbocycles. The van der Waals surface area contributed by atoms with Crippen LogP contribution in [-0.2, 0) is 6.54 Å². The summed E-state index contributed by atoms with van der Waals surface area (Å²) in [5.74, 6) is 5.61. The Morgan fingerprint density at radius 2 is 2.19 bits per heavy atom. The van der Waals surface area contributed by atoms with E-state index < -0.39 is 0 Å². The number of nitrogens with two attached hydrogens (primary N) is 1. The number of aryl methyl sites for hydroxylation is 1. The van der Waals surface area contributed by atoms with E-state index in [1.165, 1.54) is 5.56 Å². The number of rotatable bonds is 5. The fraction of sp³-hybridized carbons (Fsp3) is 0.750. The summed E-state index contributed by atoms with van der Waals surface area (Å²) < 4.78 is 1.97. The highest BCUT2D eigenvalue weighted by molar-refractivity contribution is 5.10. The van der Waals surface area contributed by atoms with Crippen molar-refractivity contribution in [3.63, 3.8) is 0 Å². The van der Waals surface area contributed by atoms with Crippen molar-refractivity contribution in [2.75, 3.05) is 0 Å². The van der Waals surface area contributed by atoms with Crippen LogP contribution in [0.5, 0.6) is 0 Å². The molecule has 0 amide bonds. The number of hydrazine groups is 1. The molecule has 0 radical (unpaired) electrons. The molecular weight excluding hydrogens is 200 g/mol. The van der Waals surface area contributed by atoms with E-state index in [9.17, 15) is 0 Å². The van der Waals surface area contributed by atoms with Gasteiger partial charge in [-0.25, -0.2) is 0 Å². The zero-order valence-corrected chi connectivity index (χ0v) is 10.8. The Morgan fingerprint density at radius 3 is 2.69 bits per heavy atom. The molecule has 0 fully saturated rings. The van der Waals surface area contributed by atoms with Crippen LogP contribution in [0.4, 0.5) is 0 Å². The van der Waals surface area contributed by atoms with Crippen molar-refractivity contribution >= 4 is 0 Å². The molecular formula is C12H24N4. The minimum atomic E-state index is 0.186. The number of aromatic nitrogens is 2. The summed E-state index contributed by atoms with van der Waals surface area (Å²) in [6.45, 7) is 9.76. The van der Waals surface area contributed by atoms with Gasteiger partial charge in [0, 0.05) is 24.3 Å². The van der Waals surface area contributed by atoms with Gasteiger partial charge in [0.2, 0.25) is 0 Å². The van der Waals surface area contributed by atoms with Gasteiger partial charge in [0.25, 0.3) is 0 Å². The lowest BCUT2D eigenvalue weighted by molar-refractivity contribution is 0.313. The second-order valence-corrected chi connectivity index (χ2v) is 5.52. The minimum absolute atomic E-state index is 0.186. The molecule has 0 saturated heterocycles. The van der Waals surface area contributed by atoms with Gasteiger partial charge in [-0.15, -0.1) is 0 Å². The summed E-state index contributed by atoms with van der Waals surface area (Å²) in [7, 11) is 0. The van der Waals surface area contributed by atoms with Gasteiger partial charge in [0.1, 0.15) is 0 Å². The highest BCUT2D eigenvalue weighted by Gasteiger charge is 2.20. The molecule has 4 nitrogen and oxygen atoms in total. The van der Waals surface area contributed by atoms with Crippen LogP contribution in [-0.4, -0.2) is 9.78 Å². The van der Waals surface area contributed by atoms with Gasteiger partial charge in [-0.2, -0.15) is 5.10 Å². The molecule has 0 aliphatic rings. The van der Waals surface area contributed by atoms with Crippen molar-refractivity contribution in [3.8, 4) is 0 Å². The van der Waals surface area contributed by atoms with Gasteiger partial charge in [-0.05, 0) is 18.3 Å². The molecule has 3 N–H and O–H groups in total. The number of nitrogens with one attached hydrogen (secondary N) is 1. The zero-order chi connectivity index (χ0) is 12.2. The van der Waals surface area contributed by atoms with Gasteiger partial charge in [-0.1, -0.05) is 27.7 Å². The lowest BCUT2D eigenvalue weighted by atomic mass is 9.86. The SMILES string of the molecule is CCCn1cc(C(CC(C)(C)C)NN)cn1. The van der Waals surface area contributed by atoms with Gasteiger partial charge in [-0.3, -0.25) is 16.0 Å². The van der Waals surface area contributed by atoms with Crippen molar-refractivity contribution in [2.24, 2.45) is 11.3 Å². The Morgan fingerprint density at radius 1 is 1.50 bits per heavy atom. The first-order chi connectivity index (χ1) is 7.46. The second kappa shape index (κ2) is 5.46.